The number of hydrogen-bond acceptors (Lipinski definition) is 3. The highest BCUT2D eigenvalue weighted by molar-refractivity contribution is 7.99. The molecule has 1 amide bonds. The highest BCUT2D eigenvalue weighted by Gasteiger charge is 2.27. The van der Waals surface area contributed by atoms with Gasteiger partial charge in [0.05, 0.1) is 11.9 Å². The summed E-state index contributed by atoms with van der Waals surface area (Å²) in [6, 6.07) is 6.45. The predicted octanol–water partition coefficient (Wildman–Crippen LogP) is 3.28. The van der Waals surface area contributed by atoms with Crippen LogP contribution < -0.4 is 0 Å². The maximum absolute atomic E-state index is 13.1. The number of nitrogens with one attached hydrogen (secondary N) is 1. The van der Waals surface area contributed by atoms with Crippen LogP contribution in [0.15, 0.2) is 30.5 Å². The Bertz CT molecular complexity index is 671. The van der Waals surface area contributed by atoms with Crippen molar-refractivity contribution < 1.29 is 9.18 Å². The van der Waals surface area contributed by atoms with E-state index in [0.717, 1.165) is 42.8 Å². The summed E-state index contributed by atoms with van der Waals surface area (Å²) in [5.74, 6) is 0.730. The van der Waals surface area contributed by atoms with Crippen LogP contribution in [0, 0.1) is 5.82 Å². The van der Waals surface area contributed by atoms with Crippen molar-refractivity contribution in [3.8, 4) is 11.1 Å². The summed E-state index contributed by atoms with van der Waals surface area (Å²) in [7, 11) is 0. The predicted molar refractivity (Wildman–Crippen MR) is 90.9 cm³/mol. The van der Waals surface area contributed by atoms with E-state index < -0.39 is 0 Å². The lowest BCUT2D eigenvalue weighted by Gasteiger charge is -2.32. The lowest BCUT2D eigenvalue weighted by molar-refractivity contribution is -0.129. The molecule has 2 aromatic rings. The van der Waals surface area contributed by atoms with E-state index in [1.165, 1.54) is 12.1 Å². The van der Waals surface area contributed by atoms with Crippen LogP contribution in [0.5, 0.6) is 0 Å². The summed E-state index contributed by atoms with van der Waals surface area (Å²) >= 11 is 1.56. The van der Waals surface area contributed by atoms with Gasteiger partial charge in [0.1, 0.15) is 5.82 Å². The summed E-state index contributed by atoms with van der Waals surface area (Å²) in [5, 5.41) is 7.27. The molecule has 1 N–H and O–H groups in total. The number of amides is 1. The molecular formula is C17H20FN3OS. The fraction of sp³-hybridized carbons (Fsp3) is 0.412. The highest BCUT2D eigenvalue weighted by Crippen LogP contribution is 2.33. The Morgan fingerprint density at radius 1 is 1.43 bits per heavy atom. The molecule has 1 aliphatic heterocycles. The van der Waals surface area contributed by atoms with Crippen LogP contribution in [0.4, 0.5) is 4.39 Å². The molecule has 0 radical (unpaired) electrons. The number of hydrogen-bond donors (Lipinski definition) is 1. The summed E-state index contributed by atoms with van der Waals surface area (Å²) in [6.07, 6.45) is 5.75. The number of piperidine rings is 1. The molecule has 1 aliphatic rings. The van der Waals surface area contributed by atoms with Crippen molar-refractivity contribution in [3.05, 3.63) is 42.0 Å². The largest absolute Gasteiger partial charge is 0.341 e. The monoisotopic (exact) mass is 333 g/mol. The van der Waals surface area contributed by atoms with E-state index in [1.807, 2.05) is 11.2 Å². The van der Waals surface area contributed by atoms with Crippen molar-refractivity contribution in [2.45, 2.75) is 18.8 Å². The first-order chi connectivity index (χ1) is 11.2. The minimum absolute atomic E-state index is 0.199. The Morgan fingerprint density at radius 3 is 2.96 bits per heavy atom. The standard InChI is InChI=1S/C17H20FN3OS/c1-23-11-16(22)21-8-2-3-13(10-21)17-15(9-19-20-17)12-4-6-14(18)7-5-12/h4-7,9,13H,2-3,8,10-11H2,1H3,(H,19,20)/t13-/m0/s1. The molecule has 0 saturated carbocycles. The molecule has 122 valence electrons. The van der Waals surface area contributed by atoms with Crippen LogP contribution in [-0.4, -0.2) is 46.1 Å². The van der Waals surface area contributed by atoms with Crippen molar-refractivity contribution in [2.24, 2.45) is 0 Å². The van der Waals surface area contributed by atoms with Crippen molar-refractivity contribution >= 4 is 17.7 Å². The van der Waals surface area contributed by atoms with Gasteiger partial charge in [0.2, 0.25) is 5.91 Å². The van der Waals surface area contributed by atoms with Crippen LogP contribution in [0.2, 0.25) is 0 Å². The molecule has 1 aromatic heterocycles. The maximum atomic E-state index is 13.1. The average molecular weight is 333 g/mol. The van der Waals surface area contributed by atoms with E-state index in [-0.39, 0.29) is 17.6 Å². The number of carbonyl (C=O) groups excluding carboxylic acids is 1. The van der Waals surface area contributed by atoms with Crippen molar-refractivity contribution in [3.63, 3.8) is 0 Å². The van der Waals surface area contributed by atoms with Crippen LogP contribution in [0.3, 0.4) is 0 Å². The SMILES string of the molecule is CSCC(=O)N1CCC[C@H](c2[nH]ncc2-c2ccc(F)cc2)C1. The Kier molecular flexibility index (Phi) is 5.00. The van der Waals surface area contributed by atoms with Crippen molar-refractivity contribution in [1.29, 1.82) is 0 Å². The molecule has 23 heavy (non-hydrogen) atoms. The molecule has 4 nitrogen and oxygen atoms in total. The molecule has 6 heteroatoms. The number of aromatic amines is 1. The topological polar surface area (TPSA) is 49.0 Å². The van der Waals surface area contributed by atoms with Gasteiger partial charge in [-0.2, -0.15) is 16.9 Å². The second-order valence-corrected chi connectivity index (χ2v) is 6.68. The fourth-order valence-corrected chi connectivity index (χ4v) is 3.55. The number of carbonyl (C=O) groups is 1. The van der Waals surface area contributed by atoms with Crippen LogP contribution in [0.1, 0.15) is 24.5 Å². The van der Waals surface area contributed by atoms with Gasteiger partial charge in [-0.05, 0) is 36.8 Å². The van der Waals surface area contributed by atoms with Gasteiger partial charge in [0.25, 0.3) is 0 Å². The van der Waals surface area contributed by atoms with Crippen LogP contribution in [0.25, 0.3) is 11.1 Å². The third-order valence-corrected chi connectivity index (χ3v) is 4.81. The minimum atomic E-state index is -0.245. The molecule has 1 atom stereocenters. The smallest absolute Gasteiger partial charge is 0.232 e. The van der Waals surface area contributed by atoms with E-state index in [0.29, 0.717) is 5.75 Å². The minimum Gasteiger partial charge on any atom is -0.341 e. The lowest BCUT2D eigenvalue weighted by atomic mass is 9.90. The zero-order valence-electron chi connectivity index (χ0n) is 13.1. The Morgan fingerprint density at radius 2 is 2.22 bits per heavy atom. The molecule has 1 aromatic carbocycles. The van der Waals surface area contributed by atoms with Crippen molar-refractivity contribution in [1.82, 2.24) is 15.1 Å². The molecule has 0 aliphatic carbocycles. The summed E-state index contributed by atoms with van der Waals surface area (Å²) in [5.41, 5.74) is 2.98. The van der Waals surface area contributed by atoms with Gasteiger partial charge in [-0.25, -0.2) is 4.39 Å². The first kappa shape index (κ1) is 16.1. The number of aromatic nitrogens is 2. The zero-order valence-corrected chi connectivity index (χ0v) is 13.9. The highest BCUT2D eigenvalue weighted by atomic mass is 32.2. The average Bonchev–Trinajstić information content (AvgIpc) is 3.05. The van der Waals surface area contributed by atoms with Gasteiger partial charge in [-0.3, -0.25) is 9.89 Å². The molecule has 0 bridgehead atoms. The van der Waals surface area contributed by atoms with Gasteiger partial charge < -0.3 is 4.90 Å². The van der Waals surface area contributed by atoms with Gasteiger partial charge >= 0.3 is 0 Å². The van der Waals surface area contributed by atoms with Crippen LogP contribution >= 0.6 is 11.8 Å². The molecule has 0 unspecified atom stereocenters. The Labute approximate surface area is 139 Å². The van der Waals surface area contributed by atoms with E-state index >= 15 is 0 Å². The second kappa shape index (κ2) is 7.17. The summed E-state index contributed by atoms with van der Waals surface area (Å²) < 4.78 is 13.1. The first-order valence-electron chi connectivity index (χ1n) is 7.75. The molecule has 3 rings (SSSR count). The quantitative estimate of drug-likeness (QED) is 0.934. The maximum Gasteiger partial charge on any atom is 0.232 e. The van der Waals surface area contributed by atoms with Crippen LogP contribution in [-0.2, 0) is 4.79 Å². The Hall–Kier alpha value is -1.82. The zero-order chi connectivity index (χ0) is 16.2. The van der Waals surface area contributed by atoms with Gasteiger partial charge in [-0.15, -0.1) is 0 Å². The second-order valence-electron chi connectivity index (χ2n) is 5.82. The summed E-state index contributed by atoms with van der Waals surface area (Å²) in [6.45, 7) is 1.55. The number of halogens is 1. The number of likely N-dealkylation sites (tertiary alicyclic amines) is 1. The summed E-state index contributed by atoms with van der Waals surface area (Å²) in [4.78, 5) is 14.1. The molecule has 0 spiro atoms. The number of rotatable bonds is 4. The lowest BCUT2D eigenvalue weighted by Crippen LogP contribution is -2.40. The number of nitrogens with zero attached hydrogens (tertiary/aromatic N) is 2. The fourth-order valence-electron chi connectivity index (χ4n) is 3.12. The third-order valence-electron chi connectivity index (χ3n) is 4.27. The van der Waals surface area contributed by atoms with Gasteiger partial charge in [-0.1, -0.05) is 12.1 Å². The normalized spacial score (nSPS) is 18.2. The van der Waals surface area contributed by atoms with E-state index in [1.54, 1.807) is 30.1 Å². The van der Waals surface area contributed by atoms with Gasteiger partial charge in [0, 0.05) is 30.3 Å². The first-order valence-corrected chi connectivity index (χ1v) is 9.14. The Balaban J connectivity index is 1.81. The molecular weight excluding hydrogens is 313 g/mol. The van der Waals surface area contributed by atoms with E-state index in [9.17, 15) is 9.18 Å². The molecule has 1 saturated heterocycles. The number of H-pyrrole nitrogens is 1. The molecule has 2 heterocycles. The van der Waals surface area contributed by atoms with E-state index in [4.69, 9.17) is 0 Å². The van der Waals surface area contributed by atoms with Gasteiger partial charge in [0.15, 0.2) is 0 Å². The number of thioether (sulfide) groups is 1. The van der Waals surface area contributed by atoms with Crippen molar-refractivity contribution in [2.75, 3.05) is 25.1 Å². The van der Waals surface area contributed by atoms with E-state index in [2.05, 4.69) is 10.2 Å². The number of benzene rings is 1. The molecule has 1 fully saturated rings. The third kappa shape index (κ3) is 3.58.